The van der Waals surface area contributed by atoms with Gasteiger partial charge in [0.05, 0.1) is 25.2 Å². The first-order chi connectivity index (χ1) is 14.5. The van der Waals surface area contributed by atoms with Crippen LogP contribution in [-0.4, -0.2) is 23.0 Å². The summed E-state index contributed by atoms with van der Waals surface area (Å²) in [4.78, 5) is 25.5. The smallest absolute Gasteiger partial charge is 0.254 e. The number of rotatable bonds is 5. The zero-order valence-corrected chi connectivity index (χ0v) is 20.2. The molecule has 152 valence electrons. The highest BCUT2D eigenvalue weighted by Gasteiger charge is 2.59. The van der Waals surface area contributed by atoms with Crippen LogP contribution in [0, 0.1) is 30.8 Å². The number of halogens is 2. The van der Waals surface area contributed by atoms with Crippen molar-refractivity contribution in [3.63, 3.8) is 0 Å². The normalized spacial score (nSPS) is 26.8. The Bertz CT molecular complexity index is 1030. The molecule has 2 aromatic carbocycles. The number of carbonyl (C=O) groups is 2. The van der Waals surface area contributed by atoms with Crippen LogP contribution in [-0.2, 0) is 16.2 Å². The van der Waals surface area contributed by atoms with Gasteiger partial charge in [0.2, 0.25) is 0 Å². The molecule has 2 fully saturated rings. The van der Waals surface area contributed by atoms with Gasteiger partial charge >= 0.3 is 0 Å². The molecule has 1 aliphatic heterocycles. The largest absolute Gasteiger partial charge is 0.487 e. The van der Waals surface area contributed by atoms with Gasteiger partial charge < -0.3 is 4.74 Å². The molecule has 0 aromatic heterocycles. The molecule has 30 heavy (non-hydrogen) atoms. The second kappa shape index (κ2) is 8.07. The van der Waals surface area contributed by atoms with Gasteiger partial charge in [-0.3, -0.25) is 9.59 Å². The third kappa shape index (κ3) is 3.49. The van der Waals surface area contributed by atoms with Gasteiger partial charge in [-0.1, -0.05) is 42.5 Å². The number of benzene rings is 2. The molecule has 2 aromatic rings. The molecule has 3 aliphatic rings. The third-order valence-electron chi connectivity index (χ3n) is 6.02. The molecular weight excluding hydrogens is 606 g/mol. The molecule has 1 saturated carbocycles. The summed E-state index contributed by atoms with van der Waals surface area (Å²) in [6.07, 6.45) is 6.69. The lowest BCUT2D eigenvalue weighted by Gasteiger charge is -2.13. The van der Waals surface area contributed by atoms with Crippen molar-refractivity contribution in [2.75, 3.05) is 0 Å². The number of ether oxygens (including phenoxy) is 1. The molecule has 2 bridgehead atoms. The summed E-state index contributed by atoms with van der Waals surface area (Å²) >= 11 is 4.48. The molecule has 5 rings (SSSR count). The van der Waals surface area contributed by atoms with Crippen LogP contribution < -0.4 is 4.74 Å². The minimum atomic E-state index is -0.223. The topological polar surface area (TPSA) is 59.0 Å². The van der Waals surface area contributed by atoms with Crippen LogP contribution in [0.25, 0.3) is 0 Å². The monoisotopic (exact) mass is 624 g/mol. The van der Waals surface area contributed by atoms with Gasteiger partial charge in [0.1, 0.15) is 12.4 Å². The summed E-state index contributed by atoms with van der Waals surface area (Å²) in [7, 11) is 0. The number of hydrogen-bond donors (Lipinski definition) is 0. The SMILES string of the molecule is O=C1[C@H]2[C@H](C(=O)N1/N=C\c1cc(I)c(OCc3ccccc3)c(I)c1)[C@H]1C=C[C@H]2C1. The van der Waals surface area contributed by atoms with E-state index in [2.05, 4.69) is 62.4 Å². The maximum atomic E-state index is 12.8. The van der Waals surface area contributed by atoms with Crippen molar-refractivity contribution in [2.45, 2.75) is 13.0 Å². The number of allylic oxidation sites excluding steroid dienone is 2. The van der Waals surface area contributed by atoms with Gasteiger partial charge in [0, 0.05) is 0 Å². The first kappa shape index (κ1) is 20.2. The number of imide groups is 1. The Kier molecular flexibility index (Phi) is 5.42. The van der Waals surface area contributed by atoms with Crippen molar-refractivity contribution < 1.29 is 14.3 Å². The van der Waals surface area contributed by atoms with Crippen LogP contribution in [0.2, 0.25) is 0 Å². The van der Waals surface area contributed by atoms with E-state index in [1.165, 1.54) is 0 Å². The zero-order valence-electron chi connectivity index (χ0n) is 15.9. The molecular formula is C23H18I2N2O3. The first-order valence-electron chi connectivity index (χ1n) is 9.79. The minimum absolute atomic E-state index is 0.162. The molecule has 0 N–H and O–H groups in total. The summed E-state index contributed by atoms with van der Waals surface area (Å²) in [6.45, 7) is 0.496. The highest BCUT2D eigenvalue weighted by molar-refractivity contribution is 14.1. The summed E-state index contributed by atoms with van der Waals surface area (Å²) in [5.74, 6) is 0.440. The summed E-state index contributed by atoms with van der Waals surface area (Å²) < 4.78 is 7.92. The van der Waals surface area contributed by atoms with E-state index >= 15 is 0 Å². The van der Waals surface area contributed by atoms with Gasteiger partial charge in [0.25, 0.3) is 11.8 Å². The molecule has 0 unspecified atom stereocenters. The van der Waals surface area contributed by atoms with E-state index < -0.39 is 0 Å². The van der Waals surface area contributed by atoms with E-state index in [9.17, 15) is 9.59 Å². The van der Waals surface area contributed by atoms with E-state index in [0.717, 1.165) is 35.4 Å². The third-order valence-corrected chi connectivity index (χ3v) is 7.62. The number of fused-ring (bicyclic) bond motifs is 5. The Labute approximate surface area is 201 Å². The van der Waals surface area contributed by atoms with Crippen LogP contribution in [0.15, 0.2) is 59.7 Å². The predicted octanol–water partition coefficient (Wildman–Crippen LogP) is 4.62. The molecule has 2 aliphatic carbocycles. The summed E-state index contributed by atoms with van der Waals surface area (Å²) in [5, 5.41) is 5.36. The fourth-order valence-corrected chi connectivity index (χ4v) is 6.77. The fourth-order valence-electron chi connectivity index (χ4n) is 4.65. The van der Waals surface area contributed by atoms with E-state index in [1.54, 1.807) is 6.21 Å². The molecule has 7 heteroatoms. The van der Waals surface area contributed by atoms with Gasteiger partial charge in [-0.25, -0.2) is 0 Å². The highest BCUT2D eigenvalue weighted by atomic mass is 127. The second-order valence-electron chi connectivity index (χ2n) is 7.82. The number of amides is 2. The lowest BCUT2D eigenvalue weighted by Crippen LogP contribution is -2.28. The summed E-state index contributed by atoms with van der Waals surface area (Å²) in [5.41, 5.74) is 1.93. The molecule has 2 amide bonds. The van der Waals surface area contributed by atoms with Crippen molar-refractivity contribution in [3.05, 3.63) is 72.9 Å². The van der Waals surface area contributed by atoms with Crippen LogP contribution in [0.1, 0.15) is 17.5 Å². The Morgan fingerprint density at radius 3 is 2.20 bits per heavy atom. The molecule has 1 saturated heterocycles. The predicted molar refractivity (Wildman–Crippen MR) is 130 cm³/mol. The first-order valence-corrected chi connectivity index (χ1v) is 11.9. The molecule has 4 atom stereocenters. The zero-order chi connectivity index (χ0) is 20.8. The van der Waals surface area contributed by atoms with E-state index in [0.29, 0.717) is 6.61 Å². The maximum Gasteiger partial charge on any atom is 0.254 e. The standard InChI is InChI=1S/C23H18I2N2O3/c24-17-8-14(9-18(25)21(17)30-12-13-4-2-1-3-5-13)11-26-27-22(28)19-15-6-7-16(10-15)20(19)23(27)29/h1-9,11,15-16,19-20H,10,12H2/b26-11-/t15-,16-,19+,20+/m0/s1. The Morgan fingerprint density at radius 1 is 1.00 bits per heavy atom. The number of carbonyl (C=O) groups excluding carboxylic acids is 2. The number of hydrogen-bond acceptors (Lipinski definition) is 4. The lowest BCUT2D eigenvalue weighted by atomic mass is 9.85. The quantitative estimate of drug-likeness (QED) is 0.212. The minimum Gasteiger partial charge on any atom is -0.487 e. The number of nitrogens with zero attached hydrogens (tertiary/aromatic N) is 2. The van der Waals surface area contributed by atoms with Gasteiger partial charge in [-0.15, -0.1) is 0 Å². The average Bonchev–Trinajstić information content (AvgIpc) is 3.41. The van der Waals surface area contributed by atoms with Crippen LogP contribution in [0.3, 0.4) is 0 Å². The second-order valence-corrected chi connectivity index (χ2v) is 10.1. The summed E-state index contributed by atoms with van der Waals surface area (Å²) in [6, 6.07) is 13.9. The van der Waals surface area contributed by atoms with Gasteiger partial charge in [-0.05, 0) is 86.7 Å². The Balaban J connectivity index is 1.31. The lowest BCUT2D eigenvalue weighted by molar-refractivity contribution is -0.140. The Morgan fingerprint density at radius 2 is 1.60 bits per heavy atom. The van der Waals surface area contributed by atoms with Crippen LogP contribution in [0.4, 0.5) is 0 Å². The van der Waals surface area contributed by atoms with Crippen molar-refractivity contribution in [3.8, 4) is 5.75 Å². The van der Waals surface area contributed by atoms with E-state index in [4.69, 9.17) is 4.74 Å². The Hall–Kier alpha value is -1.75. The fraction of sp³-hybridized carbons (Fsp3) is 0.261. The van der Waals surface area contributed by atoms with E-state index in [1.807, 2.05) is 42.5 Å². The van der Waals surface area contributed by atoms with E-state index in [-0.39, 0.29) is 35.5 Å². The molecule has 5 nitrogen and oxygen atoms in total. The van der Waals surface area contributed by atoms with Crippen molar-refractivity contribution in [1.29, 1.82) is 0 Å². The average molecular weight is 624 g/mol. The van der Waals surface area contributed by atoms with Crippen molar-refractivity contribution in [2.24, 2.45) is 28.8 Å². The van der Waals surface area contributed by atoms with Crippen molar-refractivity contribution >= 4 is 63.2 Å². The number of hydrazone groups is 1. The molecule has 1 heterocycles. The molecule has 0 radical (unpaired) electrons. The van der Waals surface area contributed by atoms with Crippen molar-refractivity contribution in [1.82, 2.24) is 5.01 Å². The van der Waals surface area contributed by atoms with Gasteiger partial charge in [0.15, 0.2) is 0 Å². The maximum absolute atomic E-state index is 12.8. The van der Waals surface area contributed by atoms with Crippen LogP contribution >= 0.6 is 45.2 Å². The van der Waals surface area contributed by atoms with Gasteiger partial charge in [-0.2, -0.15) is 10.1 Å². The highest BCUT2D eigenvalue weighted by Crippen LogP contribution is 2.52. The molecule has 0 spiro atoms. The van der Waals surface area contributed by atoms with Crippen LogP contribution in [0.5, 0.6) is 5.75 Å².